The summed E-state index contributed by atoms with van der Waals surface area (Å²) in [5.41, 5.74) is 2.34. The molecule has 4 rings (SSSR count). The number of nitrogens with zero attached hydrogens (tertiary/aromatic N) is 2. The van der Waals surface area contributed by atoms with Gasteiger partial charge in [-0.3, -0.25) is 13.9 Å². The summed E-state index contributed by atoms with van der Waals surface area (Å²) in [6, 6.07) is 12.9. The van der Waals surface area contributed by atoms with Gasteiger partial charge in [0.2, 0.25) is 5.91 Å². The standard InChI is InChI=1S/C21H23N3O4/c1-3-23-16-6-4-5-7-17(16)24(21(23)26)13-20(25)22-14(2)15-8-9-18-19(12-15)28-11-10-27-18/h4-9,12,14H,3,10-11,13H2,1-2H3,(H,22,25)/t14-/m1/s1. The lowest BCUT2D eigenvalue weighted by Gasteiger charge is -2.21. The molecule has 1 aliphatic rings. The Morgan fingerprint density at radius 3 is 2.46 bits per heavy atom. The number of carbonyl (C=O) groups is 1. The summed E-state index contributed by atoms with van der Waals surface area (Å²) in [6.45, 7) is 5.41. The van der Waals surface area contributed by atoms with E-state index in [0.717, 1.165) is 16.6 Å². The summed E-state index contributed by atoms with van der Waals surface area (Å²) in [6.07, 6.45) is 0. The van der Waals surface area contributed by atoms with Gasteiger partial charge in [-0.1, -0.05) is 18.2 Å². The van der Waals surface area contributed by atoms with Crippen molar-refractivity contribution < 1.29 is 14.3 Å². The van der Waals surface area contributed by atoms with Crippen LogP contribution < -0.4 is 20.5 Å². The SMILES string of the molecule is CCn1c(=O)n(CC(=O)N[C@H](C)c2ccc3c(c2)OCCO3)c2ccccc21. The number of aryl methyl sites for hydroxylation is 1. The van der Waals surface area contributed by atoms with Crippen LogP contribution >= 0.6 is 0 Å². The second kappa shape index (κ2) is 7.42. The van der Waals surface area contributed by atoms with Crippen LogP contribution in [0.4, 0.5) is 0 Å². The van der Waals surface area contributed by atoms with E-state index in [1.165, 1.54) is 4.57 Å². The molecule has 2 heterocycles. The maximum atomic E-state index is 12.7. The normalized spacial score (nSPS) is 14.1. The molecule has 1 N–H and O–H groups in total. The molecule has 1 aliphatic heterocycles. The molecule has 1 amide bonds. The second-order valence-corrected chi connectivity index (χ2v) is 6.79. The molecule has 0 unspecified atom stereocenters. The van der Waals surface area contributed by atoms with Crippen LogP contribution in [-0.2, 0) is 17.9 Å². The molecule has 2 aromatic carbocycles. The zero-order valence-electron chi connectivity index (χ0n) is 16.0. The molecule has 0 saturated carbocycles. The van der Waals surface area contributed by atoms with Crippen molar-refractivity contribution in [1.29, 1.82) is 0 Å². The minimum atomic E-state index is -0.224. The highest BCUT2D eigenvalue weighted by Crippen LogP contribution is 2.32. The van der Waals surface area contributed by atoms with Gasteiger partial charge in [0.15, 0.2) is 11.5 Å². The lowest BCUT2D eigenvalue weighted by molar-refractivity contribution is -0.122. The van der Waals surface area contributed by atoms with Crippen LogP contribution in [-0.4, -0.2) is 28.3 Å². The van der Waals surface area contributed by atoms with Crippen LogP contribution in [0.5, 0.6) is 11.5 Å². The predicted molar refractivity (Wildman–Crippen MR) is 106 cm³/mol. The Morgan fingerprint density at radius 1 is 1.07 bits per heavy atom. The first-order valence-electron chi connectivity index (χ1n) is 9.45. The number of rotatable bonds is 5. The van der Waals surface area contributed by atoms with E-state index >= 15 is 0 Å². The van der Waals surface area contributed by atoms with Gasteiger partial charge in [-0.05, 0) is 43.7 Å². The molecule has 1 aromatic heterocycles. The van der Waals surface area contributed by atoms with Gasteiger partial charge in [0, 0.05) is 6.54 Å². The molecule has 0 saturated heterocycles. The monoisotopic (exact) mass is 381 g/mol. The number of carbonyl (C=O) groups excluding carboxylic acids is 1. The summed E-state index contributed by atoms with van der Waals surface area (Å²) >= 11 is 0. The summed E-state index contributed by atoms with van der Waals surface area (Å²) in [4.78, 5) is 25.3. The van der Waals surface area contributed by atoms with Crippen molar-refractivity contribution in [2.45, 2.75) is 33.0 Å². The summed E-state index contributed by atoms with van der Waals surface area (Å²) in [5, 5.41) is 2.97. The minimum Gasteiger partial charge on any atom is -0.486 e. The number of nitrogens with one attached hydrogen (secondary N) is 1. The van der Waals surface area contributed by atoms with Crippen molar-refractivity contribution in [2.24, 2.45) is 0 Å². The van der Waals surface area contributed by atoms with Crippen LogP contribution in [0.2, 0.25) is 0 Å². The Morgan fingerprint density at radius 2 is 1.75 bits per heavy atom. The van der Waals surface area contributed by atoms with Crippen molar-refractivity contribution in [3.63, 3.8) is 0 Å². The van der Waals surface area contributed by atoms with Gasteiger partial charge in [-0.2, -0.15) is 0 Å². The smallest absolute Gasteiger partial charge is 0.329 e. The average Bonchev–Trinajstić information content (AvgIpc) is 2.98. The van der Waals surface area contributed by atoms with Gasteiger partial charge in [-0.15, -0.1) is 0 Å². The van der Waals surface area contributed by atoms with Crippen LogP contribution in [0.3, 0.4) is 0 Å². The predicted octanol–water partition coefficient (Wildman–Crippen LogP) is 2.47. The molecular formula is C21H23N3O4. The minimum absolute atomic E-state index is 0.0265. The Balaban J connectivity index is 1.53. The van der Waals surface area contributed by atoms with E-state index in [1.807, 2.05) is 56.3 Å². The van der Waals surface area contributed by atoms with E-state index in [1.54, 1.807) is 4.57 Å². The number of amides is 1. The fraction of sp³-hybridized carbons (Fsp3) is 0.333. The van der Waals surface area contributed by atoms with Crippen molar-refractivity contribution in [3.05, 3.63) is 58.5 Å². The number of ether oxygens (including phenoxy) is 2. The number of imidazole rings is 1. The van der Waals surface area contributed by atoms with Crippen molar-refractivity contribution in [1.82, 2.24) is 14.5 Å². The third-order valence-electron chi connectivity index (χ3n) is 4.99. The lowest BCUT2D eigenvalue weighted by Crippen LogP contribution is -2.34. The van der Waals surface area contributed by atoms with E-state index in [4.69, 9.17) is 9.47 Å². The molecule has 0 radical (unpaired) electrons. The number of fused-ring (bicyclic) bond motifs is 2. The van der Waals surface area contributed by atoms with Crippen LogP contribution in [0, 0.1) is 0 Å². The molecule has 0 fully saturated rings. The number of hydrogen-bond donors (Lipinski definition) is 1. The van der Waals surface area contributed by atoms with Gasteiger partial charge in [0.05, 0.1) is 17.1 Å². The van der Waals surface area contributed by atoms with E-state index in [-0.39, 0.29) is 24.2 Å². The van der Waals surface area contributed by atoms with Gasteiger partial charge < -0.3 is 14.8 Å². The second-order valence-electron chi connectivity index (χ2n) is 6.79. The molecule has 7 nitrogen and oxygen atoms in total. The molecule has 0 aliphatic carbocycles. The molecule has 1 atom stereocenters. The summed E-state index contributed by atoms with van der Waals surface area (Å²) in [7, 11) is 0. The van der Waals surface area contributed by atoms with Gasteiger partial charge >= 0.3 is 5.69 Å². The fourth-order valence-corrected chi connectivity index (χ4v) is 3.57. The zero-order valence-corrected chi connectivity index (χ0v) is 16.0. The van der Waals surface area contributed by atoms with Gasteiger partial charge in [0.25, 0.3) is 0 Å². The van der Waals surface area contributed by atoms with E-state index < -0.39 is 0 Å². The molecule has 7 heteroatoms. The Kier molecular flexibility index (Phi) is 4.81. The topological polar surface area (TPSA) is 74.5 Å². The summed E-state index contributed by atoms with van der Waals surface area (Å²) in [5.74, 6) is 1.18. The highest BCUT2D eigenvalue weighted by atomic mass is 16.6. The fourth-order valence-electron chi connectivity index (χ4n) is 3.57. The molecule has 0 bridgehead atoms. The van der Waals surface area contributed by atoms with Crippen molar-refractivity contribution in [2.75, 3.05) is 13.2 Å². The maximum absolute atomic E-state index is 12.7. The lowest BCUT2D eigenvalue weighted by atomic mass is 10.1. The first-order valence-corrected chi connectivity index (χ1v) is 9.45. The Bertz CT molecular complexity index is 1080. The number of aromatic nitrogens is 2. The molecule has 3 aromatic rings. The Hall–Kier alpha value is -3.22. The van der Waals surface area contributed by atoms with E-state index in [0.29, 0.717) is 31.3 Å². The van der Waals surface area contributed by atoms with Crippen LogP contribution in [0.15, 0.2) is 47.3 Å². The first-order chi connectivity index (χ1) is 13.6. The first kappa shape index (κ1) is 18.2. The molecular weight excluding hydrogens is 358 g/mol. The van der Waals surface area contributed by atoms with Crippen LogP contribution in [0.25, 0.3) is 11.0 Å². The quantitative estimate of drug-likeness (QED) is 0.737. The van der Waals surface area contributed by atoms with Gasteiger partial charge in [0.1, 0.15) is 19.8 Å². The van der Waals surface area contributed by atoms with Crippen molar-refractivity contribution >= 4 is 16.9 Å². The average molecular weight is 381 g/mol. The number of hydrogen-bond acceptors (Lipinski definition) is 4. The number of para-hydroxylation sites is 2. The number of benzene rings is 2. The maximum Gasteiger partial charge on any atom is 0.329 e. The van der Waals surface area contributed by atoms with E-state index in [9.17, 15) is 9.59 Å². The third-order valence-corrected chi connectivity index (χ3v) is 4.99. The summed E-state index contributed by atoms with van der Waals surface area (Å²) < 4.78 is 14.3. The zero-order chi connectivity index (χ0) is 19.7. The molecule has 0 spiro atoms. The highest BCUT2D eigenvalue weighted by Gasteiger charge is 2.18. The van der Waals surface area contributed by atoms with Crippen molar-refractivity contribution in [3.8, 4) is 11.5 Å². The third kappa shape index (κ3) is 3.24. The van der Waals surface area contributed by atoms with E-state index in [2.05, 4.69) is 5.32 Å². The van der Waals surface area contributed by atoms with Gasteiger partial charge in [-0.25, -0.2) is 4.79 Å². The molecule has 28 heavy (non-hydrogen) atoms. The largest absolute Gasteiger partial charge is 0.486 e. The Labute approximate surface area is 162 Å². The molecule has 146 valence electrons. The highest BCUT2D eigenvalue weighted by molar-refractivity contribution is 5.81. The van der Waals surface area contributed by atoms with Crippen LogP contribution in [0.1, 0.15) is 25.5 Å².